The highest BCUT2D eigenvalue weighted by Crippen LogP contribution is 2.33. The Hall–Kier alpha value is -2.35. The molecule has 2 aromatic carbocycles. The van der Waals surface area contributed by atoms with Crippen LogP contribution in [0.1, 0.15) is 21.5 Å². The van der Waals surface area contributed by atoms with E-state index in [2.05, 4.69) is 0 Å². The molecular weight excluding hydrogens is 373 g/mol. The van der Waals surface area contributed by atoms with Gasteiger partial charge in [-0.2, -0.15) is 0 Å². The van der Waals surface area contributed by atoms with Crippen LogP contribution in [0.5, 0.6) is 5.75 Å². The van der Waals surface area contributed by atoms with Crippen LogP contribution in [0.25, 0.3) is 0 Å². The van der Waals surface area contributed by atoms with Gasteiger partial charge in [0.2, 0.25) is 0 Å². The van der Waals surface area contributed by atoms with E-state index in [0.717, 1.165) is 0 Å². The van der Waals surface area contributed by atoms with Crippen molar-refractivity contribution >= 4 is 34.9 Å². The maximum Gasteiger partial charge on any atom is 0.338 e. The molecule has 7 nitrogen and oxygen atoms in total. The molecule has 25 heavy (non-hydrogen) atoms. The minimum absolute atomic E-state index is 0.0263. The molecule has 0 radical (unpaired) electrons. The third-order valence-electron chi connectivity index (χ3n) is 3.50. The number of rotatable bonds is 4. The molecule has 9 heteroatoms. The molecule has 1 aliphatic rings. The zero-order valence-electron chi connectivity index (χ0n) is 12.7. The lowest BCUT2D eigenvalue weighted by Crippen LogP contribution is -2.15. The fourth-order valence-corrected chi connectivity index (χ4v) is 2.64. The van der Waals surface area contributed by atoms with Crippen LogP contribution in [0.4, 0.5) is 5.69 Å². The van der Waals surface area contributed by atoms with Crippen LogP contribution in [-0.2, 0) is 22.7 Å². The zero-order valence-corrected chi connectivity index (χ0v) is 14.2. The first-order chi connectivity index (χ1) is 12.0. The lowest BCUT2D eigenvalue weighted by molar-refractivity contribution is -0.385. The van der Waals surface area contributed by atoms with Crippen molar-refractivity contribution in [3.8, 4) is 5.75 Å². The summed E-state index contributed by atoms with van der Waals surface area (Å²) in [5.74, 6) is -0.204. The number of nitro benzene ring substituents is 1. The molecule has 0 fully saturated rings. The lowest BCUT2D eigenvalue weighted by Gasteiger charge is -2.20. The number of nitrogens with zero attached hydrogens (tertiary/aromatic N) is 1. The van der Waals surface area contributed by atoms with Crippen molar-refractivity contribution in [2.45, 2.75) is 13.2 Å². The molecule has 0 atom stereocenters. The minimum Gasteiger partial charge on any atom is -0.467 e. The van der Waals surface area contributed by atoms with Gasteiger partial charge in [-0.1, -0.05) is 23.2 Å². The van der Waals surface area contributed by atoms with Gasteiger partial charge in [0.1, 0.15) is 12.4 Å². The number of halogens is 2. The average Bonchev–Trinajstić information content (AvgIpc) is 2.61. The second-order valence-electron chi connectivity index (χ2n) is 5.17. The summed E-state index contributed by atoms with van der Waals surface area (Å²) in [4.78, 5) is 22.7. The number of benzene rings is 2. The smallest absolute Gasteiger partial charge is 0.338 e. The summed E-state index contributed by atoms with van der Waals surface area (Å²) in [5.41, 5.74) is 1.01. The SMILES string of the molecule is O=C(OCc1cc([N+](=O)[O-])cc2c1OCOC2)c1ccc(Cl)c(Cl)c1. The summed E-state index contributed by atoms with van der Waals surface area (Å²) < 4.78 is 15.7. The van der Waals surface area contributed by atoms with E-state index in [9.17, 15) is 14.9 Å². The quantitative estimate of drug-likeness (QED) is 0.448. The average molecular weight is 384 g/mol. The molecule has 0 N–H and O–H groups in total. The summed E-state index contributed by atoms with van der Waals surface area (Å²) in [5, 5.41) is 11.6. The minimum atomic E-state index is -0.633. The Morgan fingerprint density at radius 2 is 2.04 bits per heavy atom. The van der Waals surface area contributed by atoms with Gasteiger partial charge in [0.05, 0.1) is 27.1 Å². The van der Waals surface area contributed by atoms with Gasteiger partial charge in [-0.05, 0) is 18.2 Å². The highest BCUT2D eigenvalue weighted by Gasteiger charge is 2.22. The predicted molar refractivity (Wildman–Crippen MR) is 89.0 cm³/mol. The van der Waals surface area contributed by atoms with Crippen LogP contribution in [0, 0.1) is 10.1 Å². The molecule has 0 bridgehead atoms. The van der Waals surface area contributed by atoms with Gasteiger partial charge < -0.3 is 14.2 Å². The molecule has 130 valence electrons. The van der Waals surface area contributed by atoms with Crippen LogP contribution in [-0.4, -0.2) is 17.7 Å². The first kappa shape index (κ1) is 17.5. The Bertz CT molecular complexity index is 855. The Morgan fingerprint density at radius 3 is 2.76 bits per heavy atom. The molecular formula is C16H11Cl2NO6. The van der Waals surface area contributed by atoms with Crippen molar-refractivity contribution in [1.82, 2.24) is 0 Å². The first-order valence-electron chi connectivity index (χ1n) is 7.08. The normalized spacial score (nSPS) is 12.9. The zero-order chi connectivity index (χ0) is 18.0. The van der Waals surface area contributed by atoms with Crippen molar-refractivity contribution in [2.75, 3.05) is 6.79 Å². The lowest BCUT2D eigenvalue weighted by atomic mass is 10.1. The van der Waals surface area contributed by atoms with Gasteiger partial charge >= 0.3 is 5.97 Å². The molecule has 0 spiro atoms. The number of nitro groups is 1. The summed E-state index contributed by atoms with van der Waals surface area (Å²) in [7, 11) is 0. The summed E-state index contributed by atoms with van der Waals surface area (Å²) in [6.07, 6.45) is 0. The highest BCUT2D eigenvalue weighted by molar-refractivity contribution is 6.42. The van der Waals surface area contributed by atoms with Gasteiger partial charge in [0.15, 0.2) is 6.79 Å². The van der Waals surface area contributed by atoms with E-state index in [1.165, 1.54) is 30.3 Å². The molecule has 0 unspecified atom stereocenters. The number of ether oxygens (including phenoxy) is 3. The maximum atomic E-state index is 12.1. The standard InChI is InChI=1S/C16H11Cl2NO6/c17-13-2-1-9(5-14(13)18)16(20)24-7-11-4-12(19(21)22)3-10-6-23-8-25-15(10)11/h1-5H,6-8H2. The molecule has 0 amide bonds. The number of non-ortho nitro benzene ring substituents is 1. The topological polar surface area (TPSA) is 87.9 Å². The Morgan fingerprint density at radius 1 is 1.24 bits per heavy atom. The van der Waals surface area contributed by atoms with Gasteiger partial charge in [0.25, 0.3) is 5.69 Å². The largest absolute Gasteiger partial charge is 0.467 e. The second kappa shape index (κ2) is 7.26. The molecule has 0 aliphatic carbocycles. The van der Waals surface area contributed by atoms with Crippen molar-refractivity contribution in [2.24, 2.45) is 0 Å². The van der Waals surface area contributed by atoms with E-state index in [-0.39, 0.29) is 36.3 Å². The summed E-state index contributed by atoms with van der Waals surface area (Å²) >= 11 is 11.7. The number of carbonyl (C=O) groups is 1. The highest BCUT2D eigenvalue weighted by atomic mass is 35.5. The summed E-state index contributed by atoms with van der Waals surface area (Å²) in [6.45, 7) is 0.0202. The first-order valence-corrected chi connectivity index (χ1v) is 7.84. The number of esters is 1. The molecule has 3 rings (SSSR count). The fraction of sp³-hybridized carbons (Fsp3) is 0.188. The van der Waals surface area contributed by atoms with Crippen LogP contribution < -0.4 is 4.74 Å². The molecule has 1 heterocycles. The van der Waals surface area contributed by atoms with E-state index < -0.39 is 10.9 Å². The van der Waals surface area contributed by atoms with E-state index in [4.69, 9.17) is 37.4 Å². The molecule has 2 aromatic rings. The predicted octanol–water partition coefficient (Wildman–Crippen LogP) is 4.13. The van der Waals surface area contributed by atoms with Gasteiger partial charge in [-0.3, -0.25) is 10.1 Å². The van der Waals surface area contributed by atoms with Crippen molar-refractivity contribution in [1.29, 1.82) is 0 Å². The van der Waals surface area contributed by atoms with Gasteiger partial charge in [0, 0.05) is 23.3 Å². The van der Waals surface area contributed by atoms with E-state index in [0.29, 0.717) is 21.9 Å². The van der Waals surface area contributed by atoms with E-state index in [1.807, 2.05) is 0 Å². The Labute approximate surface area is 152 Å². The maximum absolute atomic E-state index is 12.1. The van der Waals surface area contributed by atoms with Gasteiger partial charge in [-0.15, -0.1) is 0 Å². The number of carbonyl (C=O) groups excluding carboxylic acids is 1. The third-order valence-corrected chi connectivity index (χ3v) is 4.24. The van der Waals surface area contributed by atoms with Crippen molar-refractivity contribution in [3.63, 3.8) is 0 Å². The number of hydrogen-bond acceptors (Lipinski definition) is 6. The Balaban J connectivity index is 1.82. The second-order valence-corrected chi connectivity index (χ2v) is 5.98. The van der Waals surface area contributed by atoms with Crippen LogP contribution in [0.15, 0.2) is 30.3 Å². The third kappa shape index (κ3) is 3.84. The van der Waals surface area contributed by atoms with Crippen LogP contribution >= 0.6 is 23.2 Å². The van der Waals surface area contributed by atoms with E-state index in [1.54, 1.807) is 0 Å². The van der Waals surface area contributed by atoms with E-state index >= 15 is 0 Å². The van der Waals surface area contributed by atoms with Crippen LogP contribution in [0.2, 0.25) is 10.0 Å². The molecule has 1 aliphatic heterocycles. The number of fused-ring (bicyclic) bond motifs is 1. The van der Waals surface area contributed by atoms with Crippen LogP contribution in [0.3, 0.4) is 0 Å². The van der Waals surface area contributed by atoms with Crippen molar-refractivity contribution in [3.05, 3.63) is 67.2 Å². The Kier molecular flexibility index (Phi) is 5.08. The number of hydrogen-bond donors (Lipinski definition) is 0. The fourth-order valence-electron chi connectivity index (χ4n) is 2.34. The molecule has 0 saturated carbocycles. The van der Waals surface area contributed by atoms with Crippen molar-refractivity contribution < 1.29 is 23.9 Å². The molecule has 0 saturated heterocycles. The van der Waals surface area contributed by atoms with Gasteiger partial charge in [-0.25, -0.2) is 4.79 Å². The molecule has 0 aromatic heterocycles. The monoisotopic (exact) mass is 383 g/mol. The summed E-state index contributed by atoms with van der Waals surface area (Å²) in [6, 6.07) is 7.03.